The average Bonchev–Trinajstić information content (AvgIpc) is 2.51. The van der Waals surface area contributed by atoms with Gasteiger partial charge in [-0.2, -0.15) is 0 Å². The highest BCUT2D eigenvalue weighted by Crippen LogP contribution is 2.25. The van der Waals surface area contributed by atoms with E-state index in [0.717, 1.165) is 23.6 Å². The lowest BCUT2D eigenvalue weighted by atomic mass is 10.3. The van der Waals surface area contributed by atoms with E-state index in [1.54, 1.807) is 14.2 Å². The number of hydrogen-bond donors (Lipinski definition) is 0. The van der Waals surface area contributed by atoms with Crippen molar-refractivity contribution in [2.45, 2.75) is 32.9 Å². The fourth-order valence-corrected chi connectivity index (χ4v) is 5.52. The zero-order chi connectivity index (χ0) is 15.0. The first-order valence-corrected chi connectivity index (χ1v) is 9.25. The van der Waals surface area contributed by atoms with E-state index in [1.807, 2.05) is 19.1 Å². The lowest BCUT2D eigenvalue weighted by Gasteiger charge is -2.30. The molecule has 0 spiro atoms. The van der Waals surface area contributed by atoms with Crippen LogP contribution in [0.5, 0.6) is 11.5 Å². The van der Waals surface area contributed by atoms with E-state index >= 15 is 0 Å². The Morgan fingerprint density at radius 1 is 1.10 bits per heavy atom. The third-order valence-corrected chi connectivity index (χ3v) is 8.02. The summed E-state index contributed by atoms with van der Waals surface area (Å²) in [5.74, 6) is 7.53. The molecule has 4 heteroatoms. The molecule has 1 rings (SSSR count). The molecule has 0 aliphatic carbocycles. The molecule has 0 heterocycles. The Hall–Kier alpha value is -1.44. The molecule has 0 radical (unpaired) electrons. The summed E-state index contributed by atoms with van der Waals surface area (Å²) in [6.45, 7) is 6.68. The number of benzene rings is 1. The molecule has 0 unspecified atom stereocenters. The van der Waals surface area contributed by atoms with Crippen LogP contribution in [0, 0.1) is 11.8 Å². The van der Waals surface area contributed by atoms with Gasteiger partial charge in [0.05, 0.1) is 20.8 Å². The molecule has 1 aromatic carbocycles. The molecule has 0 aliphatic rings. The maximum Gasteiger partial charge on any atom is 0.228 e. The summed E-state index contributed by atoms with van der Waals surface area (Å²) in [7, 11) is 1.31. The molecule has 3 nitrogen and oxygen atoms in total. The predicted molar refractivity (Wildman–Crippen MR) is 85.3 cm³/mol. The van der Waals surface area contributed by atoms with Crippen LogP contribution in [0.25, 0.3) is 0 Å². The van der Waals surface area contributed by atoms with Gasteiger partial charge in [-0.05, 0) is 25.1 Å². The molecule has 0 aromatic heterocycles. The summed E-state index contributed by atoms with van der Waals surface area (Å²) in [5.41, 5.74) is 0. The van der Waals surface area contributed by atoms with Crippen LogP contribution in [0.1, 0.15) is 20.8 Å². The van der Waals surface area contributed by atoms with Gasteiger partial charge in [-0.3, -0.25) is 0 Å². The second kappa shape index (κ2) is 7.98. The summed E-state index contributed by atoms with van der Waals surface area (Å²) in [5, 5.41) is 1.18. The second-order valence-electron chi connectivity index (χ2n) is 4.48. The van der Waals surface area contributed by atoms with Crippen LogP contribution in [0.15, 0.2) is 18.2 Å². The van der Waals surface area contributed by atoms with Gasteiger partial charge >= 0.3 is 0 Å². The highest BCUT2D eigenvalue weighted by molar-refractivity contribution is 6.87. The lowest BCUT2D eigenvalue weighted by molar-refractivity contribution is 0.356. The van der Waals surface area contributed by atoms with E-state index in [1.165, 1.54) is 5.19 Å². The lowest BCUT2D eigenvalue weighted by Crippen LogP contribution is -2.50. The summed E-state index contributed by atoms with van der Waals surface area (Å²) in [6, 6.07) is 7.97. The van der Waals surface area contributed by atoms with Gasteiger partial charge in [0.1, 0.15) is 11.5 Å². The summed E-state index contributed by atoms with van der Waals surface area (Å²) >= 11 is 0. The third kappa shape index (κ3) is 3.56. The van der Waals surface area contributed by atoms with Crippen molar-refractivity contribution in [1.29, 1.82) is 0 Å². The highest BCUT2D eigenvalue weighted by Gasteiger charge is 2.36. The van der Waals surface area contributed by atoms with Gasteiger partial charge in [0, 0.05) is 11.3 Å². The van der Waals surface area contributed by atoms with E-state index in [9.17, 15) is 0 Å². The van der Waals surface area contributed by atoms with Gasteiger partial charge < -0.3 is 13.9 Å². The smallest absolute Gasteiger partial charge is 0.228 e. The van der Waals surface area contributed by atoms with Crippen LogP contribution in [-0.4, -0.2) is 29.1 Å². The van der Waals surface area contributed by atoms with E-state index in [0.29, 0.717) is 6.61 Å². The van der Waals surface area contributed by atoms with Gasteiger partial charge in [0.2, 0.25) is 8.32 Å². The van der Waals surface area contributed by atoms with Crippen molar-refractivity contribution < 1.29 is 13.9 Å². The topological polar surface area (TPSA) is 27.7 Å². The molecule has 0 atom stereocenters. The van der Waals surface area contributed by atoms with E-state index < -0.39 is 8.32 Å². The summed E-state index contributed by atoms with van der Waals surface area (Å²) in [6.07, 6.45) is 0. The number of methoxy groups -OCH3 is 2. The van der Waals surface area contributed by atoms with Crippen LogP contribution in [0.2, 0.25) is 12.1 Å². The van der Waals surface area contributed by atoms with Gasteiger partial charge in [0.25, 0.3) is 0 Å². The first kappa shape index (κ1) is 16.6. The molecule has 0 aliphatic heterocycles. The number of ether oxygens (including phenoxy) is 2. The molecule has 0 bridgehead atoms. The number of hydrogen-bond acceptors (Lipinski definition) is 3. The Morgan fingerprint density at radius 3 is 2.30 bits per heavy atom. The highest BCUT2D eigenvalue weighted by atomic mass is 28.4. The van der Waals surface area contributed by atoms with Crippen molar-refractivity contribution in [3.8, 4) is 23.3 Å². The standard InChI is InChI=1S/C16H24O3Si/c1-6-9-12-19-20(7-2,8-3)16-11-10-14(17-4)13-15(16)18-5/h10-11,13H,7-8,12H2,1-5H3. The molecule has 0 fully saturated rings. The van der Waals surface area contributed by atoms with Crippen molar-refractivity contribution in [1.82, 2.24) is 0 Å². The zero-order valence-electron chi connectivity index (χ0n) is 13.1. The van der Waals surface area contributed by atoms with Crippen molar-refractivity contribution >= 4 is 13.5 Å². The van der Waals surface area contributed by atoms with E-state index in [-0.39, 0.29) is 0 Å². The first-order valence-electron chi connectivity index (χ1n) is 6.93. The molecule has 0 saturated heterocycles. The monoisotopic (exact) mass is 292 g/mol. The van der Waals surface area contributed by atoms with Gasteiger partial charge in [-0.15, -0.1) is 5.92 Å². The minimum absolute atomic E-state index is 0.486. The Bertz CT molecular complexity index is 484. The largest absolute Gasteiger partial charge is 0.497 e. The molecule has 1 aromatic rings. The van der Waals surface area contributed by atoms with Crippen molar-refractivity contribution in [3.63, 3.8) is 0 Å². The maximum absolute atomic E-state index is 6.22. The molecular formula is C16H24O3Si. The summed E-state index contributed by atoms with van der Waals surface area (Å²) < 4.78 is 17.0. The van der Waals surface area contributed by atoms with E-state index in [4.69, 9.17) is 13.9 Å². The van der Waals surface area contributed by atoms with Crippen LogP contribution in [0.3, 0.4) is 0 Å². The molecule has 0 N–H and O–H groups in total. The Morgan fingerprint density at radius 2 is 1.80 bits per heavy atom. The number of rotatable bonds is 7. The molecule has 0 amide bonds. The van der Waals surface area contributed by atoms with Crippen molar-refractivity contribution in [2.24, 2.45) is 0 Å². The quantitative estimate of drug-likeness (QED) is 0.571. The Labute approximate surface area is 123 Å². The van der Waals surface area contributed by atoms with Gasteiger partial charge in [-0.25, -0.2) is 0 Å². The van der Waals surface area contributed by atoms with E-state index in [2.05, 4.69) is 31.8 Å². The normalized spacial score (nSPS) is 10.7. The maximum atomic E-state index is 6.22. The molecular weight excluding hydrogens is 268 g/mol. The minimum Gasteiger partial charge on any atom is -0.497 e. The predicted octanol–water partition coefficient (Wildman–Crippen LogP) is 2.94. The van der Waals surface area contributed by atoms with Gasteiger partial charge in [0.15, 0.2) is 0 Å². The van der Waals surface area contributed by atoms with Crippen LogP contribution < -0.4 is 14.7 Å². The van der Waals surface area contributed by atoms with Crippen molar-refractivity contribution in [2.75, 3.05) is 20.8 Å². The van der Waals surface area contributed by atoms with Gasteiger partial charge in [-0.1, -0.05) is 25.8 Å². The van der Waals surface area contributed by atoms with Crippen molar-refractivity contribution in [3.05, 3.63) is 18.2 Å². The fraction of sp³-hybridized carbons (Fsp3) is 0.500. The Kier molecular flexibility index (Phi) is 6.63. The summed E-state index contributed by atoms with van der Waals surface area (Å²) in [4.78, 5) is 0. The van der Waals surface area contributed by atoms with Crippen LogP contribution >= 0.6 is 0 Å². The fourth-order valence-electron chi connectivity index (χ4n) is 2.33. The molecule has 0 saturated carbocycles. The SMILES string of the molecule is CC#CCO[Si](CC)(CC)c1ccc(OC)cc1OC. The first-order chi connectivity index (χ1) is 9.67. The minimum atomic E-state index is -2.04. The zero-order valence-corrected chi connectivity index (χ0v) is 14.1. The molecule has 110 valence electrons. The Balaban J connectivity index is 3.21. The molecule has 20 heavy (non-hydrogen) atoms. The third-order valence-electron chi connectivity index (χ3n) is 3.64. The van der Waals surface area contributed by atoms with Crippen LogP contribution in [-0.2, 0) is 4.43 Å². The average molecular weight is 292 g/mol. The van der Waals surface area contributed by atoms with Crippen LogP contribution in [0.4, 0.5) is 0 Å². The second-order valence-corrected chi connectivity index (χ2v) is 8.71.